The number of likely N-dealkylation sites (N-methyl/N-ethyl adjacent to an activating group) is 1. The number of amides is 1. The summed E-state index contributed by atoms with van der Waals surface area (Å²) in [6, 6.07) is 4.41. The lowest BCUT2D eigenvalue weighted by molar-refractivity contribution is -0.118. The van der Waals surface area contributed by atoms with Gasteiger partial charge in [0.1, 0.15) is 5.82 Å². The monoisotopic (exact) mass is 282 g/mol. The third kappa shape index (κ3) is 5.67. The van der Waals surface area contributed by atoms with Gasteiger partial charge in [0.2, 0.25) is 5.91 Å². The molecule has 0 aliphatic rings. The predicted molar refractivity (Wildman–Crippen MR) is 76.9 cm³/mol. The van der Waals surface area contributed by atoms with E-state index in [9.17, 15) is 14.3 Å². The van der Waals surface area contributed by atoms with Crippen LogP contribution in [0.25, 0.3) is 0 Å². The number of carbonyl (C=O) groups excluding carboxylic acids is 1. The van der Waals surface area contributed by atoms with E-state index in [0.717, 1.165) is 24.1 Å². The molecule has 1 aromatic rings. The summed E-state index contributed by atoms with van der Waals surface area (Å²) in [7, 11) is 1.91. The molecule has 1 unspecified atom stereocenters. The number of nitrogens with zero attached hydrogens (tertiary/aromatic N) is 1. The number of nitrogens with one attached hydrogen (secondary N) is 1. The second-order valence-corrected chi connectivity index (χ2v) is 5.12. The van der Waals surface area contributed by atoms with E-state index in [1.54, 1.807) is 13.0 Å². The quantitative estimate of drug-likeness (QED) is 0.747. The van der Waals surface area contributed by atoms with Crippen LogP contribution < -0.4 is 5.32 Å². The fraction of sp³-hybridized carbons (Fsp3) is 0.533. The number of benzene rings is 1. The van der Waals surface area contributed by atoms with Crippen molar-refractivity contribution < 1.29 is 14.3 Å². The molecule has 0 saturated heterocycles. The first-order chi connectivity index (χ1) is 9.40. The fourth-order valence-corrected chi connectivity index (χ4v) is 2.11. The van der Waals surface area contributed by atoms with Crippen molar-refractivity contribution in [3.8, 4) is 0 Å². The van der Waals surface area contributed by atoms with Crippen LogP contribution in [0, 0.1) is 12.7 Å². The minimum absolute atomic E-state index is 0.0328. The Bertz CT molecular complexity index is 451. The van der Waals surface area contributed by atoms with E-state index < -0.39 is 6.10 Å². The van der Waals surface area contributed by atoms with Crippen LogP contribution in [-0.2, 0) is 4.79 Å². The molecule has 2 N–H and O–H groups in total. The Morgan fingerprint density at radius 1 is 1.50 bits per heavy atom. The Morgan fingerprint density at radius 3 is 2.80 bits per heavy atom. The number of aryl methyl sites for hydroxylation is 1. The van der Waals surface area contributed by atoms with Crippen molar-refractivity contribution in [2.45, 2.75) is 26.4 Å². The van der Waals surface area contributed by atoms with Crippen molar-refractivity contribution in [3.05, 3.63) is 35.1 Å². The Balaban J connectivity index is 2.40. The zero-order chi connectivity index (χ0) is 15.1. The molecule has 1 aromatic carbocycles. The SMILES string of the molecule is CC(=O)NCCCN(C)CC(O)c1ccc(F)cc1C. The van der Waals surface area contributed by atoms with Gasteiger partial charge in [-0.3, -0.25) is 4.79 Å². The van der Waals surface area contributed by atoms with Crippen molar-refractivity contribution in [2.75, 3.05) is 26.7 Å². The number of aliphatic hydroxyl groups excluding tert-OH is 1. The van der Waals surface area contributed by atoms with Crippen LogP contribution >= 0.6 is 0 Å². The molecule has 0 bridgehead atoms. The van der Waals surface area contributed by atoms with E-state index in [4.69, 9.17) is 0 Å². The number of halogens is 1. The summed E-state index contributed by atoms with van der Waals surface area (Å²) in [4.78, 5) is 12.7. The maximum atomic E-state index is 13.0. The largest absolute Gasteiger partial charge is 0.387 e. The Labute approximate surface area is 119 Å². The molecule has 0 radical (unpaired) electrons. The molecule has 0 fully saturated rings. The zero-order valence-corrected chi connectivity index (χ0v) is 12.3. The molecule has 0 saturated carbocycles. The first-order valence-electron chi connectivity index (χ1n) is 6.77. The molecule has 1 rings (SSSR count). The van der Waals surface area contributed by atoms with Gasteiger partial charge in [0, 0.05) is 20.0 Å². The topological polar surface area (TPSA) is 52.6 Å². The van der Waals surface area contributed by atoms with Gasteiger partial charge in [-0.15, -0.1) is 0 Å². The van der Waals surface area contributed by atoms with E-state index in [-0.39, 0.29) is 11.7 Å². The van der Waals surface area contributed by atoms with Crippen LogP contribution in [0.5, 0.6) is 0 Å². The highest BCUT2D eigenvalue weighted by Gasteiger charge is 2.13. The van der Waals surface area contributed by atoms with Crippen molar-refractivity contribution in [1.82, 2.24) is 10.2 Å². The van der Waals surface area contributed by atoms with Crippen molar-refractivity contribution in [1.29, 1.82) is 0 Å². The summed E-state index contributed by atoms with van der Waals surface area (Å²) in [6.45, 7) is 5.17. The molecule has 0 aliphatic heterocycles. The lowest BCUT2D eigenvalue weighted by atomic mass is 10.0. The average Bonchev–Trinajstić information content (AvgIpc) is 2.34. The number of aliphatic hydroxyl groups is 1. The summed E-state index contributed by atoms with van der Waals surface area (Å²) >= 11 is 0. The van der Waals surface area contributed by atoms with E-state index in [1.165, 1.54) is 19.1 Å². The molecule has 0 aromatic heterocycles. The standard InChI is InChI=1S/C15H23FN2O2/c1-11-9-13(16)5-6-14(11)15(20)10-18(3)8-4-7-17-12(2)19/h5-6,9,15,20H,4,7-8,10H2,1-3H3,(H,17,19). The molecule has 112 valence electrons. The first kappa shape index (κ1) is 16.6. The van der Waals surface area contributed by atoms with Gasteiger partial charge in [-0.2, -0.15) is 0 Å². The molecule has 4 nitrogen and oxygen atoms in total. The summed E-state index contributed by atoms with van der Waals surface area (Å²) < 4.78 is 13.0. The lowest BCUT2D eigenvalue weighted by Crippen LogP contribution is -2.29. The summed E-state index contributed by atoms with van der Waals surface area (Å²) in [5.74, 6) is -0.322. The van der Waals surface area contributed by atoms with E-state index in [0.29, 0.717) is 13.1 Å². The van der Waals surface area contributed by atoms with Crippen LogP contribution in [0.1, 0.15) is 30.6 Å². The zero-order valence-electron chi connectivity index (χ0n) is 12.3. The van der Waals surface area contributed by atoms with Crippen LogP contribution in [0.3, 0.4) is 0 Å². The normalized spacial score (nSPS) is 12.5. The van der Waals surface area contributed by atoms with Crippen molar-refractivity contribution >= 4 is 5.91 Å². The molecule has 5 heteroatoms. The Morgan fingerprint density at radius 2 is 2.20 bits per heavy atom. The molecular weight excluding hydrogens is 259 g/mol. The van der Waals surface area contributed by atoms with Crippen LogP contribution in [0.4, 0.5) is 4.39 Å². The summed E-state index contributed by atoms with van der Waals surface area (Å²) in [6.07, 6.45) is 0.187. The highest BCUT2D eigenvalue weighted by molar-refractivity contribution is 5.72. The number of rotatable bonds is 7. The van der Waals surface area contributed by atoms with Gasteiger partial charge in [-0.25, -0.2) is 4.39 Å². The molecule has 0 heterocycles. The third-order valence-corrected chi connectivity index (χ3v) is 3.17. The van der Waals surface area contributed by atoms with Gasteiger partial charge in [0.25, 0.3) is 0 Å². The van der Waals surface area contributed by atoms with Crippen molar-refractivity contribution in [3.63, 3.8) is 0 Å². The molecule has 0 spiro atoms. The second-order valence-electron chi connectivity index (χ2n) is 5.12. The van der Waals surface area contributed by atoms with Gasteiger partial charge >= 0.3 is 0 Å². The van der Waals surface area contributed by atoms with Gasteiger partial charge in [0.15, 0.2) is 0 Å². The maximum Gasteiger partial charge on any atom is 0.216 e. The Hall–Kier alpha value is -1.46. The number of carbonyl (C=O) groups is 1. The number of hydrogen-bond donors (Lipinski definition) is 2. The average molecular weight is 282 g/mol. The van der Waals surface area contributed by atoms with Gasteiger partial charge in [-0.1, -0.05) is 6.07 Å². The maximum absolute atomic E-state index is 13.0. The summed E-state index contributed by atoms with van der Waals surface area (Å²) in [5.41, 5.74) is 1.50. The molecule has 0 aliphatic carbocycles. The molecule has 1 amide bonds. The van der Waals surface area contributed by atoms with Gasteiger partial charge < -0.3 is 15.3 Å². The van der Waals surface area contributed by atoms with E-state index >= 15 is 0 Å². The highest BCUT2D eigenvalue weighted by atomic mass is 19.1. The Kier molecular flexibility index (Phi) is 6.61. The van der Waals surface area contributed by atoms with E-state index in [1.807, 2.05) is 11.9 Å². The smallest absolute Gasteiger partial charge is 0.216 e. The minimum atomic E-state index is -0.638. The first-order valence-corrected chi connectivity index (χ1v) is 6.77. The minimum Gasteiger partial charge on any atom is -0.387 e. The summed E-state index contributed by atoms with van der Waals surface area (Å²) in [5, 5.41) is 12.9. The van der Waals surface area contributed by atoms with Crippen LogP contribution in [-0.4, -0.2) is 42.6 Å². The van der Waals surface area contributed by atoms with Gasteiger partial charge in [-0.05, 0) is 50.2 Å². The van der Waals surface area contributed by atoms with Crippen LogP contribution in [0.15, 0.2) is 18.2 Å². The van der Waals surface area contributed by atoms with E-state index in [2.05, 4.69) is 5.32 Å². The third-order valence-electron chi connectivity index (χ3n) is 3.17. The molecular formula is C15H23FN2O2. The van der Waals surface area contributed by atoms with Gasteiger partial charge in [0.05, 0.1) is 6.10 Å². The van der Waals surface area contributed by atoms with Crippen molar-refractivity contribution in [2.24, 2.45) is 0 Å². The molecule has 1 atom stereocenters. The molecule has 20 heavy (non-hydrogen) atoms. The number of hydrogen-bond acceptors (Lipinski definition) is 3. The highest BCUT2D eigenvalue weighted by Crippen LogP contribution is 2.19. The predicted octanol–water partition coefficient (Wildman–Crippen LogP) is 1.63. The van der Waals surface area contributed by atoms with Crippen LogP contribution in [0.2, 0.25) is 0 Å². The fourth-order valence-electron chi connectivity index (χ4n) is 2.11. The lowest BCUT2D eigenvalue weighted by Gasteiger charge is -2.22. The second kappa shape index (κ2) is 7.97.